The number of hydrogen-bond donors (Lipinski definition) is 0. The molecule has 1 atom stereocenters. The maximum Gasteiger partial charge on any atom is 0.305 e. The lowest BCUT2D eigenvalue weighted by Crippen LogP contribution is -2.31. The van der Waals surface area contributed by atoms with Gasteiger partial charge < -0.3 is 4.74 Å². The van der Waals surface area contributed by atoms with E-state index in [1.54, 1.807) is 23.5 Å². The first-order valence-corrected chi connectivity index (χ1v) is 7.72. The van der Waals surface area contributed by atoms with Crippen molar-refractivity contribution in [1.82, 2.24) is 0 Å². The molecule has 0 aromatic heterocycles. The van der Waals surface area contributed by atoms with Crippen LogP contribution in [-0.4, -0.2) is 33.9 Å². The molecule has 0 spiro atoms. The topological polar surface area (TPSA) is 43.4 Å². The van der Waals surface area contributed by atoms with E-state index in [4.69, 9.17) is 0 Å². The van der Waals surface area contributed by atoms with Gasteiger partial charge in [0, 0.05) is 6.42 Å². The van der Waals surface area contributed by atoms with E-state index >= 15 is 0 Å². The third-order valence-corrected chi connectivity index (χ3v) is 5.79. The molecular formula is C12H20O3S2. The van der Waals surface area contributed by atoms with Crippen molar-refractivity contribution in [3.05, 3.63) is 0 Å². The minimum absolute atomic E-state index is 0.115. The smallest absolute Gasteiger partial charge is 0.305 e. The largest absolute Gasteiger partial charge is 0.469 e. The lowest BCUT2D eigenvalue weighted by molar-refractivity contribution is -0.140. The Morgan fingerprint density at radius 1 is 1.47 bits per heavy atom. The molecule has 1 aliphatic heterocycles. The van der Waals surface area contributed by atoms with Gasteiger partial charge >= 0.3 is 5.97 Å². The van der Waals surface area contributed by atoms with Gasteiger partial charge in [-0.25, -0.2) is 0 Å². The van der Waals surface area contributed by atoms with Crippen LogP contribution in [0.3, 0.4) is 0 Å². The number of hydrogen-bond acceptors (Lipinski definition) is 5. The SMILES string of the molecule is COC(=O)CCCCC1SC(C)(C)SCC1=O. The Hall–Kier alpha value is -0.160. The highest BCUT2D eigenvalue weighted by molar-refractivity contribution is 8.20. The van der Waals surface area contributed by atoms with Gasteiger partial charge in [-0.05, 0) is 26.7 Å². The normalized spacial score (nSPS) is 23.5. The van der Waals surface area contributed by atoms with Gasteiger partial charge in [0.2, 0.25) is 0 Å². The molecule has 17 heavy (non-hydrogen) atoms. The summed E-state index contributed by atoms with van der Waals surface area (Å²) in [6.45, 7) is 4.33. The minimum Gasteiger partial charge on any atom is -0.469 e. The molecule has 0 saturated carbocycles. The molecule has 0 bridgehead atoms. The predicted molar refractivity (Wildman–Crippen MR) is 73.4 cm³/mol. The average molecular weight is 276 g/mol. The second kappa shape index (κ2) is 6.69. The van der Waals surface area contributed by atoms with Crippen LogP contribution in [0.1, 0.15) is 39.5 Å². The van der Waals surface area contributed by atoms with Crippen LogP contribution in [0.25, 0.3) is 0 Å². The van der Waals surface area contributed by atoms with E-state index in [1.807, 2.05) is 0 Å². The van der Waals surface area contributed by atoms with Crippen LogP contribution >= 0.6 is 23.5 Å². The van der Waals surface area contributed by atoms with Crippen molar-refractivity contribution in [2.75, 3.05) is 12.9 Å². The van der Waals surface area contributed by atoms with Crippen molar-refractivity contribution in [2.45, 2.75) is 48.9 Å². The Morgan fingerprint density at radius 2 is 2.18 bits per heavy atom. The number of carbonyl (C=O) groups excluding carboxylic acids is 2. The summed E-state index contributed by atoms with van der Waals surface area (Å²) in [5, 5.41) is 0.115. The number of methoxy groups -OCH3 is 1. The van der Waals surface area contributed by atoms with Crippen molar-refractivity contribution >= 4 is 35.3 Å². The first-order chi connectivity index (χ1) is 7.94. The highest BCUT2D eigenvalue weighted by Crippen LogP contribution is 2.45. The molecule has 1 rings (SSSR count). The minimum atomic E-state index is -0.163. The molecule has 5 heteroatoms. The van der Waals surface area contributed by atoms with Crippen LogP contribution in [0.5, 0.6) is 0 Å². The summed E-state index contributed by atoms with van der Waals surface area (Å²) in [7, 11) is 1.41. The molecule has 0 N–H and O–H groups in total. The van der Waals surface area contributed by atoms with Gasteiger partial charge in [-0.1, -0.05) is 6.42 Å². The molecule has 1 aliphatic rings. The molecule has 0 aromatic rings. The fourth-order valence-corrected chi connectivity index (χ4v) is 4.48. The van der Waals surface area contributed by atoms with Crippen molar-refractivity contribution in [2.24, 2.45) is 0 Å². The maximum absolute atomic E-state index is 11.7. The zero-order valence-corrected chi connectivity index (χ0v) is 12.3. The summed E-state index contributed by atoms with van der Waals surface area (Å²) in [4.78, 5) is 22.7. The van der Waals surface area contributed by atoms with E-state index in [-0.39, 0.29) is 15.3 Å². The summed E-state index contributed by atoms with van der Waals surface area (Å²) >= 11 is 3.48. The number of esters is 1. The standard InChI is InChI=1S/C12H20O3S2/c1-12(2)16-8-9(13)10(17-12)6-4-5-7-11(14)15-3/h10H,4-8H2,1-3H3. The number of thioether (sulfide) groups is 2. The van der Waals surface area contributed by atoms with E-state index in [2.05, 4.69) is 18.6 Å². The number of rotatable bonds is 5. The molecular weight excluding hydrogens is 256 g/mol. The van der Waals surface area contributed by atoms with Gasteiger partial charge in [-0.15, -0.1) is 23.5 Å². The second-order valence-electron chi connectivity index (χ2n) is 4.58. The van der Waals surface area contributed by atoms with E-state index < -0.39 is 0 Å². The van der Waals surface area contributed by atoms with E-state index in [0.717, 1.165) is 19.3 Å². The van der Waals surface area contributed by atoms with Crippen LogP contribution in [-0.2, 0) is 14.3 Å². The molecule has 0 aromatic carbocycles. The molecule has 1 heterocycles. The van der Waals surface area contributed by atoms with E-state index in [9.17, 15) is 9.59 Å². The molecule has 1 unspecified atom stereocenters. The summed E-state index contributed by atoms with van der Waals surface area (Å²) in [6, 6.07) is 0. The number of ketones is 1. The van der Waals surface area contributed by atoms with Crippen molar-refractivity contribution in [3.8, 4) is 0 Å². The number of Topliss-reactive ketones (excluding diaryl/α,β-unsaturated/α-hetero) is 1. The van der Waals surface area contributed by atoms with E-state index in [0.29, 0.717) is 18.0 Å². The van der Waals surface area contributed by atoms with Gasteiger partial charge in [0.25, 0.3) is 0 Å². The fourth-order valence-electron chi connectivity index (χ4n) is 1.70. The first kappa shape index (κ1) is 14.9. The van der Waals surface area contributed by atoms with Crippen LogP contribution in [0.2, 0.25) is 0 Å². The third-order valence-electron chi connectivity index (χ3n) is 2.67. The molecule has 3 nitrogen and oxygen atoms in total. The Kier molecular flexibility index (Phi) is 5.86. The lowest BCUT2D eigenvalue weighted by Gasteiger charge is -2.33. The van der Waals surface area contributed by atoms with Gasteiger partial charge in [0.05, 0.1) is 22.2 Å². The van der Waals surface area contributed by atoms with Crippen LogP contribution < -0.4 is 0 Å². The second-order valence-corrected chi connectivity index (χ2v) is 8.26. The van der Waals surface area contributed by atoms with Gasteiger partial charge in [-0.2, -0.15) is 0 Å². The van der Waals surface area contributed by atoms with Crippen molar-refractivity contribution in [1.29, 1.82) is 0 Å². The first-order valence-electron chi connectivity index (χ1n) is 5.86. The summed E-state index contributed by atoms with van der Waals surface area (Å²) in [5.41, 5.74) is 0. The monoisotopic (exact) mass is 276 g/mol. The van der Waals surface area contributed by atoms with E-state index in [1.165, 1.54) is 7.11 Å². The Bertz CT molecular complexity index is 289. The van der Waals surface area contributed by atoms with Crippen molar-refractivity contribution in [3.63, 3.8) is 0 Å². The molecule has 98 valence electrons. The van der Waals surface area contributed by atoms with Gasteiger partial charge in [-0.3, -0.25) is 9.59 Å². The molecule has 0 amide bonds. The third kappa shape index (κ3) is 5.34. The number of ether oxygens (including phenoxy) is 1. The molecule has 1 fully saturated rings. The Morgan fingerprint density at radius 3 is 2.82 bits per heavy atom. The molecule has 0 radical (unpaired) electrons. The molecule has 0 aliphatic carbocycles. The van der Waals surface area contributed by atoms with Crippen molar-refractivity contribution < 1.29 is 14.3 Å². The summed E-state index contributed by atoms with van der Waals surface area (Å²) < 4.78 is 4.72. The number of carbonyl (C=O) groups is 2. The molecule has 1 saturated heterocycles. The van der Waals surface area contributed by atoms with Crippen LogP contribution in [0, 0.1) is 0 Å². The zero-order valence-electron chi connectivity index (χ0n) is 10.7. The zero-order chi connectivity index (χ0) is 12.9. The van der Waals surface area contributed by atoms with Gasteiger partial charge in [0.1, 0.15) is 0 Å². The quantitative estimate of drug-likeness (QED) is 0.570. The van der Waals surface area contributed by atoms with Crippen LogP contribution in [0.4, 0.5) is 0 Å². The number of unbranched alkanes of at least 4 members (excludes halogenated alkanes) is 1. The fraction of sp³-hybridized carbons (Fsp3) is 0.833. The Balaban J connectivity index is 2.25. The maximum atomic E-state index is 11.7. The Labute approximate surface area is 111 Å². The summed E-state index contributed by atoms with van der Waals surface area (Å²) in [5.74, 6) is 0.808. The average Bonchev–Trinajstić information content (AvgIpc) is 2.28. The predicted octanol–water partition coefficient (Wildman–Crippen LogP) is 2.87. The van der Waals surface area contributed by atoms with Crippen LogP contribution in [0.15, 0.2) is 0 Å². The van der Waals surface area contributed by atoms with Gasteiger partial charge in [0.15, 0.2) is 5.78 Å². The highest BCUT2D eigenvalue weighted by atomic mass is 32.2. The lowest BCUT2D eigenvalue weighted by atomic mass is 10.1. The summed E-state index contributed by atoms with van der Waals surface area (Å²) in [6.07, 6.45) is 3.06. The highest BCUT2D eigenvalue weighted by Gasteiger charge is 2.34.